The van der Waals surface area contributed by atoms with Crippen LogP contribution in [0.3, 0.4) is 0 Å². The largest absolute Gasteiger partial charge is 0.391 e. The number of hydrogen-bond acceptors (Lipinski definition) is 2. The summed E-state index contributed by atoms with van der Waals surface area (Å²) in [4.78, 5) is 0. The number of aliphatic hydroxyl groups is 1. The average molecular weight is 342 g/mol. The van der Waals surface area contributed by atoms with Crippen LogP contribution in [0.25, 0.3) is 0 Å². The fourth-order valence-electron chi connectivity index (χ4n) is 2.76. The van der Waals surface area contributed by atoms with Gasteiger partial charge in [0.25, 0.3) is 0 Å². The highest BCUT2D eigenvalue weighted by molar-refractivity contribution is 6.30. The van der Waals surface area contributed by atoms with Gasteiger partial charge in [-0.3, -0.25) is 0 Å². The van der Waals surface area contributed by atoms with E-state index in [2.05, 4.69) is 29.6 Å². The van der Waals surface area contributed by atoms with Crippen LogP contribution in [0.2, 0.25) is 5.02 Å². The SMILES string of the molecule is O[C@@H](Cc1ccccc1)[C@@H](/C=C/C1CC1)NCc1cccc(Cl)c1. The lowest BCUT2D eigenvalue weighted by atomic mass is 10.0. The molecule has 24 heavy (non-hydrogen) atoms. The molecule has 0 unspecified atom stereocenters. The minimum absolute atomic E-state index is 0.0650. The molecule has 2 atom stereocenters. The second-order valence-electron chi connectivity index (χ2n) is 6.52. The zero-order valence-electron chi connectivity index (χ0n) is 13.7. The van der Waals surface area contributed by atoms with Crippen molar-refractivity contribution in [2.45, 2.75) is 38.0 Å². The molecule has 2 aromatic carbocycles. The molecule has 0 heterocycles. The molecule has 3 heteroatoms. The summed E-state index contributed by atoms with van der Waals surface area (Å²) >= 11 is 6.05. The second kappa shape index (κ2) is 8.48. The fourth-order valence-corrected chi connectivity index (χ4v) is 2.98. The molecule has 2 N–H and O–H groups in total. The quantitative estimate of drug-likeness (QED) is 0.699. The number of aliphatic hydroxyl groups excluding tert-OH is 1. The number of allylic oxidation sites excluding steroid dienone is 1. The predicted octanol–water partition coefficient (Wildman–Crippen LogP) is 4.37. The molecule has 0 bridgehead atoms. The van der Waals surface area contributed by atoms with Crippen molar-refractivity contribution < 1.29 is 5.11 Å². The first kappa shape index (κ1) is 17.2. The van der Waals surface area contributed by atoms with E-state index in [-0.39, 0.29) is 6.04 Å². The number of benzene rings is 2. The molecule has 0 aromatic heterocycles. The monoisotopic (exact) mass is 341 g/mol. The Morgan fingerprint density at radius 1 is 1.08 bits per heavy atom. The fraction of sp³-hybridized carbons (Fsp3) is 0.333. The molecule has 1 aliphatic rings. The molecule has 0 amide bonds. The average Bonchev–Trinajstić information content (AvgIpc) is 3.40. The van der Waals surface area contributed by atoms with Gasteiger partial charge in [0.1, 0.15) is 0 Å². The van der Waals surface area contributed by atoms with E-state index in [1.54, 1.807) is 0 Å². The van der Waals surface area contributed by atoms with Gasteiger partial charge >= 0.3 is 0 Å². The van der Waals surface area contributed by atoms with Crippen LogP contribution in [0.5, 0.6) is 0 Å². The van der Waals surface area contributed by atoms with E-state index in [0.29, 0.717) is 18.9 Å². The van der Waals surface area contributed by atoms with Crippen LogP contribution in [-0.2, 0) is 13.0 Å². The van der Waals surface area contributed by atoms with Gasteiger partial charge in [-0.1, -0.05) is 66.2 Å². The van der Waals surface area contributed by atoms with Crippen LogP contribution in [0.4, 0.5) is 0 Å². The van der Waals surface area contributed by atoms with Gasteiger partial charge in [-0.05, 0) is 42.0 Å². The molecule has 0 saturated heterocycles. The molecule has 1 aliphatic carbocycles. The van der Waals surface area contributed by atoms with Crippen molar-refractivity contribution in [1.29, 1.82) is 0 Å². The van der Waals surface area contributed by atoms with Crippen LogP contribution in [0.15, 0.2) is 66.7 Å². The van der Waals surface area contributed by atoms with E-state index in [0.717, 1.165) is 16.1 Å². The summed E-state index contributed by atoms with van der Waals surface area (Å²) in [5.41, 5.74) is 2.28. The van der Waals surface area contributed by atoms with Crippen molar-refractivity contribution >= 4 is 11.6 Å². The summed E-state index contributed by atoms with van der Waals surface area (Å²) in [7, 11) is 0. The van der Waals surface area contributed by atoms with Gasteiger partial charge in [0.15, 0.2) is 0 Å². The normalized spacial score (nSPS) is 17.1. The molecule has 0 aliphatic heterocycles. The van der Waals surface area contributed by atoms with Crippen molar-refractivity contribution in [2.24, 2.45) is 5.92 Å². The minimum atomic E-state index is -0.457. The van der Waals surface area contributed by atoms with Crippen molar-refractivity contribution in [3.8, 4) is 0 Å². The highest BCUT2D eigenvalue weighted by Gasteiger charge is 2.21. The van der Waals surface area contributed by atoms with E-state index < -0.39 is 6.10 Å². The Morgan fingerprint density at radius 2 is 1.83 bits per heavy atom. The maximum atomic E-state index is 10.7. The number of rotatable bonds is 8. The molecular formula is C21H24ClNO. The molecule has 0 radical (unpaired) electrons. The molecule has 2 nitrogen and oxygen atoms in total. The van der Waals surface area contributed by atoms with Crippen molar-refractivity contribution in [1.82, 2.24) is 5.32 Å². The van der Waals surface area contributed by atoms with Crippen molar-refractivity contribution in [3.63, 3.8) is 0 Å². The van der Waals surface area contributed by atoms with Gasteiger partial charge in [-0.15, -0.1) is 0 Å². The number of hydrogen-bond donors (Lipinski definition) is 2. The Kier molecular flexibility index (Phi) is 6.08. The Morgan fingerprint density at radius 3 is 2.54 bits per heavy atom. The predicted molar refractivity (Wildman–Crippen MR) is 100 cm³/mol. The van der Waals surface area contributed by atoms with E-state index in [1.807, 2.05) is 42.5 Å². The van der Waals surface area contributed by atoms with Gasteiger partial charge in [0, 0.05) is 18.0 Å². The third-order valence-corrected chi connectivity index (χ3v) is 4.58. The molecule has 1 fully saturated rings. The zero-order chi connectivity index (χ0) is 16.8. The highest BCUT2D eigenvalue weighted by Crippen LogP contribution is 2.30. The molecule has 126 valence electrons. The Labute approximate surface area is 149 Å². The van der Waals surface area contributed by atoms with E-state index >= 15 is 0 Å². The highest BCUT2D eigenvalue weighted by atomic mass is 35.5. The van der Waals surface area contributed by atoms with Gasteiger partial charge in [-0.25, -0.2) is 0 Å². The van der Waals surface area contributed by atoms with Gasteiger partial charge in [-0.2, -0.15) is 0 Å². The first-order valence-electron chi connectivity index (χ1n) is 8.59. The standard InChI is InChI=1S/C21H24ClNO/c22-19-8-4-7-18(13-19)15-23-20(12-11-16-9-10-16)21(24)14-17-5-2-1-3-6-17/h1-8,11-13,16,20-21,23-24H,9-10,14-15H2/b12-11+/t20-,21+/m1/s1. The summed E-state index contributed by atoms with van der Waals surface area (Å²) < 4.78 is 0. The summed E-state index contributed by atoms with van der Waals surface area (Å²) in [6.45, 7) is 0.687. The lowest BCUT2D eigenvalue weighted by Crippen LogP contribution is -2.39. The van der Waals surface area contributed by atoms with Gasteiger partial charge < -0.3 is 10.4 Å². The molecule has 3 rings (SSSR count). The maximum absolute atomic E-state index is 10.7. The van der Waals surface area contributed by atoms with Crippen molar-refractivity contribution in [3.05, 3.63) is 82.9 Å². The molecule has 2 aromatic rings. The zero-order valence-corrected chi connectivity index (χ0v) is 14.5. The molecule has 0 spiro atoms. The smallest absolute Gasteiger partial charge is 0.0769 e. The Bertz CT molecular complexity index is 667. The lowest BCUT2D eigenvalue weighted by Gasteiger charge is -2.22. The van der Waals surface area contributed by atoms with E-state index in [1.165, 1.54) is 12.8 Å². The second-order valence-corrected chi connectivity index (χ2v) is 6.95. The van der Waals surface area contributed by atoms with Gasteiger partial charge in [0.2, 0.25) is 0 Å². The summed E-state index contributed by atoms with van der Waals surface area (Å²) in [5, 5.41) is 14.9. The Balaban J connectivity index is 1.63. The summed E-state index contributed by atoms with van der Waals surface area (Å²) in [6, 6.07) is 17.9. The topological polar surface area (TPSA) is 32.3 Å². The third kappa shape index (κ3) is 5.48. The van der Waals surface area contributed by atoms with Gasteiger partial charge in [0.05, 0.1) is 12.1 Å². The number of halogens is 1. The first-order valence-corrected chi connectivity index (χ1v) is 8.96. The summed E-state index contributed by atoms with van der Waals surface area (Å²) in [6.07, 6.45) is 7.10. The first-order chi connectivity index (χ1) is 11.7. The molecule has 1 saturated carbocycles. The summed E-state index contributed by atoms with van der Waals surface area (Å²) in [5.74, 6) is 0.699. The number of nitrogens with one attached hydrogen (secondary N) is 1. The van der Waals surface area contributed by atoms with Crippen LogP contribution in [0, 0.1) is 5.92 Å². The van der Waals surface area contributed by atoms with Crippen molar-refractivity contribution in [2.75, 3.05) is 0 Å². The van der Waals surface area contributed by atoms with Crippen LogP contribution < -0.4 is 5.32 Å². The minimum Gasteiger partial charge on any atom is -0.391 e. The maximum Gasteiger partial charge on any atom is 0.0769 e. The Hall–Kier alpha value is -1.61. The van der Waals surface area contributed by atoms with E-state index in [9.17, 15) is 5.11 Å². The van der Waals surface area contributed by atoms with Crippen LogP contribution in [0.1, 0.15) is 24.0 Å². The third-order valence-electron chi connectivity index (χ3n) is 4.35. The lowest BCUT2D eigenvalue weighted by molar-refractivity contribution is 0.145. The van der Waals surface area contributed by atoms with Crippen LogP contribution in [-0.4, -0.2) is 17.3 Å². The molecular weight excluding hydrogens is 318 g/mol. The van der Waals surface area contributed by atoms with E-state index in [4.69, 9.17) is 11.6 Å². The van der Waals surface area contributed by atoms with Crippen LogP contribution >= 0.6 is 11.6 Å².